The van der Waals surface area contributed by atoms with Crippen molar-refractivity contribution in [2.24, 2.45) is 7.05 Å². The van der Waals surface area contributed by atoms with E-state index in [1.165, 1.54) is 38.7 Å². The van der Waals surface area contributed by atoms with E-state index >= 15 is 0 Å². The SMILES string of the molecule is [2H]c1c(C)[n+](C)c(-c2cc(C(C)(C)C)c3ccccc3c2C)c2ccc(C(C)C)cc12. The monoisotopic (exact) mass is 397 g/mol. The van der Waals surface area contributed by atoms with Crippen LogP contribution in [-0.2, 0) is 12.5 Å². The third-order valence-electron chi connectivity index (χ3n) is 6.50. The number of fused-ring (bicyclic) bond motifs is 2. The lowest BCUT2D eigenvalue weighted by Crippen LogP contribution is -2.35. The fraction of sp³-hybridized carbons (Fsp3) is 0.345. The fourth-order valence-electron chi connectivity index (χ4n) is 4.57. The Labute approximate surface area is 182 Å². The van der Waals surface area contributed by atoms with E-state index in [-0.39, 0.29) is 5.41 Å². The first-order valence-electron chi connectivity index (χ1n) is 11.5. The molecule has 1 heteroatoms. The molecule has 0 aliphatic rings. The van der Waals surface area contributed by atoms with Gasteiger partial charge in [-0.15, -0.1) is 0 Å². The number of nitrogens with zero attached hydrogens (tertiary/aromatic N) is 1. The molecule has 0 fully saturated rings. The standard InChI is InChI=1S/C29H34N/c1-18(2)21-13-14-24-22(16-21)15-19(3)30(8)28(24)26-17-27(29(5,6)7)25-12-10-9-11-23(25)20(26)4/h9-18H,1-8H3/q+1/i15D. The van der Waals surface area contributed by atoms with E-state index in [9.17, 15) is 0 Å². The molecule has 0 aliphatic heterocycles. The van der Waals surface area contributed by atoms with Crippen molar-refractivity contribution in [3.63, 3.8) is 0 Å². The lowest BCUT2D eigenvalue weighted by Gasteiger charge is -2.24. The molecule has 1 nitrogen and oxygen atoms in total. The molecule has 0 spiro atoms. The van der Waals surface area contributed by atoms with Crippen LogP contribution < -0.4 is 4.57 Å². The van der Waals surface area contributed by atoms with Gasteiger partial charge in [0.1, 0.15) is 7.05 Å². The van der Waals surface area contributed by atoms with Gasteiger partial charge >= 0.3 is 0 Å². The van der Waals surface area contributed by atoms with Gasteiger partial charge in [-0.2, -0.15) is 4.57 Å². The lowest BCUT2D eigenvalue weighted by atomic mass is 9.80. The van der Waals surface area contributed by atoms with E-state index < -0.39 is 0 Å². The minimum absolute atomic E-state index is 0.0334. The zero-order valence-corrected chi connectivity index (χ0v) is 19.6. The summed E-state index contributed by atoms with van der Waals surface area (Å²) in [7, 11) is 2.10. The highest BCUT2D eigenvalue weighted by molar-refractivity contribution is 6.00. The van der Waals surface area contributed by atoms with E-state index in [1.807, 2.05) is 0 Å². The second kappa shape index (κ2) is 7.23. The number of rotatable bonds is 2. The van der Waals surface area contributed by atoms with E-state index in [2.05, 4.69) is 109 Å². The first kappa shape index (κ1) is 19.3. The number of aryl methyl sites for hydroxylation is 1. The van der Waals surface area contributed by atoms with Crippen molar-refractivity contribution in [1.82, 2.24) is 0 Å². The topological polar surface area (TPSA) is 3.88 Å². The third-order valence-corrected chi connectivity index (χ3v) is 6.50. The van der Waals surface area contributed by atoms with Crippen LogP contribution in [0.25, 0.3) is 32.8 Å². The van der Waals surface area contributed by atoms with Crippen LogP contribution in [0.2, 0.25) is 0 Å². The van der Waals surface area contributed by atoms with E-state index in [0.717, 1.165) is 16.5 Å². The van der Waals surface area contributed by atoms with Crippen molar-refractivity contribution >= 4 is 21.5 Å². The van der Waals surface area contributed by atoms with Gasteiger partial charge in [-0.25, -0.2) is 0 Å². The predicted molar refractivity (Wildman–Crippen MR) is 130 cm³/mol. The Kier molecular flexibility index (Phi) is 4.65. The molecule has 3 aromatic carbocycles. The molecule has 30 heavy (non-hydrogen) atoms. The summed E-state index contributed by atoms with van der Waals surface area (Å²) < 4.78 is 11.0. The largest absolute Gasteiger partial charge is 0.220 e. The summed E-state index contributed by atoms with van der Waals surface area (Å²) in [6.07, 6.45) is 0. The Hall–Kier alpha value is -2.67. The van der Waals surface area contributed by atoms with Gasteiger partial charge in [0.15, 0.2) is 5.69 Å². The molecule has 0 bridgehead atoms. The molecule has 0 saturated heterocycles. The van der Waals surface area contributed by atoms with Crippen molar-refractivity contribution in [2.45, 2.75) is 59.8 Å². The van der Waals surface area contributed by atoms with Crippen molar-refractivity contribution in [3.05, 3.63) is 77.0 Å². The van der Waals surface area contributed by atoms with E-state index in [1.54, 1.807) is 0 Å². The van der Waals surface area contributed by atoms with Gasteiger partial charge in [0.25, 0.3) is 0 Å². The van der Waals surface area contributed by atoms with Crippen LogP contribution in [-0.4, -0.2) is 0 Å². The number of aromatic nitrogens is 1. The summed E-state index contributed by atoms with van der Waals surface area (Å²) in [6.45, 7) is 15.6. The van der Waals surface area contributed by atoms with Crippen LogP contribution in [0, 0.1) is 13.8 Å². The van der Waals surface area contributed by atoms with Gasteiger partial charge in [-0.1, -0.05) is 71.0 Å². The van der Waals surface area contributed by atoms with Crippen molar-refractivity contribution in [1.29, 1.82) is 0 Å². The molecule has 0 amide bonds. The van der Waals surface area contributed by atoms with Gasteiger partial charge in [-0.3, -0.25) is 0 Å². The number of hydrogen-bond donors (Lipinski definition) is 0. The highest BCUT2D eigenvalue weighted by Crippen LogP contribution is 2.39. The summed E-state index contributed by atoms with van der Waals surface area (Å²) in [6, 6.07) is 18.5. The second-order valence-corrected chi connectivity index (χ2v) is 9.97. The third kappa shape index (κ3) is 3.31. The molecule has 0 N–H and O–H groups in total. The molecule has 0 aliphatic carbocycles. The van der Waals surface area contributed by atoms with Crippen LogP contribution in [0.3, 0.4) is 0 Å². The molecule has 1 heterocycles. The summed E-state index contributed by atoms with van der Waals surface area (Å²) in [5, 5.41) is 4.84. The Morgan fingerprint density at radius 3 is 2.20 bits per heavy atom. The lowest BCUT2D eigenvalue weighted by molar-refractivity contribution is -0.665. The molecule has 154 valence electrons. The van der Waals surface area contributed by atoms with Gasteiger partial charge in [0, 0.05) is 13.0 Å². The molecule has 0 atom stereocenters. The predicted octanol–water partition coefficient (Wildman–Crippen LogP) is 7.52. The molecular weight excluding hydrogens is 362 g/mol. The second-order valence-electron chi connectivity index (χ2n) is 9.97. The summed E-state index contributed by atoms with van der Waals surface area (Å²) >= 11 is 0. The first-order chi connectivity index (χ1) is 14.5. The number of hydrogen-bond acceptors (Lipinski definition) is 0. The fourth-order valence-corrected chi connectivity index (χ4v) is 4.57. The molecule has 4 aromatic rings. The molecule has 0 saturated carbocycles. The van der Waals surface area contributed by atoms with Crippen molar-refractivity contribution < 1.29 is 5.94 Å². The zero-order chi connectivity index (χ0) is 22.7. The Balaban J connectivity index is 2.19. The highest BCUT2D eigenvalue weighted by Gasteiger charge is 2.25. The summed E-state index contributed by atoms with van der Waals surface area (Å²) in [4.78, 5) is 0. The van der Waals surface area contributed by atoms with E-state index in [4.69, 9.17) is 1.37 Å². The maximum atomic E-state index is 8.83. The Bertz CT molecular complexity index is 1320. The maximum Gasteiger partial charge on any atom is 0.220 e. The Morgan fingerprint density at radius 1 is 0.900 bits per heavy atom. The molecule has 0 radical (unpaired) electrons. The minimum Gasteiger partial charge on any atom is -0.198 e. The summed E-state index contributed by atoms with van der Waals surface area (Å²) in [5.41, 5.74) is 7.43. The van der Waals surface area contributed by atoms with Crippen LogP contribution in [0.4, 0.5) is 0 Å². The van der Waals surface area contributed by atoms with Gasteiger partial charge in [-0.05, 0) is 63.2 Å². The van der Waals surface area contributed by atoms with Gasteiger partial charge < -0.3 is 0 Å². The average molecular weight is 398 g/mol. The molecule has 0 unspecified atom stereocenters. The van der Waals surface area contributed by atoms with Crippen LogP contribution >= 0.6 is 0 Å². The van der Waals surface area contributed by atoms with Crippen LogP contribution in [0.5, 0.6) is 0 Å². The van der Waals surface area contributed by atoms with Crippen molar-refractivity contribution in [3.8, 4) is 11.3 Å². The molecule has 1 aromatic heterocycles. The number of benzene rings is 3. The molecular formula is C29H34N+. The smallest absolute Gasteiger partial charge is 0.198 e. The normalized spacial score (nSPS) is 12.8. The van der Waals surface area contributed by atoms with Gasteiger partial charge in [0.05, 0.1) is 12.3 Å². The first-order valence-corrected chi connectivity index (χ1v) is 11.0. The minimum atomic E-state index is 0.0334. The average Bonchev–Trinajstić information content (AvgIpc) is 2.72. The highest BCUT2D eigenvalue weighted by atomic mass is 14.9. The van der Waals surface area contributed by atoms with E-state index in [0.29, 0.717) is 12.0 Å². The quantitative estimate of drug-likeness (QED) is 0.308. The van der Waals surface area contributed by atoms with Gasteiger partial charge in [0.2, 0.25) is 5.69 Å². The maximum absolute atomic E-state index is 8.83. The van der Waals surface area contributed by atoms with Crippen LogP contribution in [0.15, 0.2) is 54.6 Å². The van der Waals surface area contributed by atoms with Crippen molar-refractivity contribution in [2.75, 3.05) is 0 Å². The Morgan fingerprint density at radius 2 is 1.57 bits per heavy atom. The number of pyridine rings is 1. The molecule has 4 rings (SSSR count). The zero-order valence-electron chi connectivity index (χ0n) is 20.6. The van der Waals surface area contributed by atoms with Crippen LogP contribution in [0.1, 0.15) is 64.3 Å². The summed E-state index contributed by atoms with van der Waals surface area (Å²) in [5.74, 6) is 0.441.